The molecule has 0 aromatic heterocycles. The number of rotatable bonds is 8. The van der Waals surface area contributed by atoms with E-state index in [0.717, 1.165) is 13.1 Å². The number of nitrogens with one attached hydrogen (secondary N) is 1. The Morgan fingerprint density at radius 1 is 0.944 bits per heavy atom. The zero-order chi connectivity index (χ0) is 13.4. The molecule has 0 atom stereocenters. The number of hydrogen-bond acceptors (Lipinski definition) is 2. The molecule has 0 fully saturated rings. The fraction of sp³-hybridized carbons (Fsp3) is 0.625. The minimum atomic E-state index is 1.03. The van der Waals surface area contributed by atoms with Crippen molar-refractivity contribution >= 4 is 5.69 Å². The fourth-order valence-electron chi connectivity index (χ4n) is 2.18. The highest BCUT2D eigenvalue weighted by Gasteiger charge is 2.02. The number of hydrogen-bond donors (Lipinski definition) is 1. The number of aryl methyl sites for hydroxylation is 2. The Labute approximate surface area is 112 Å². The smallest absolute Gasteiger partial charge is 0.0343 e. The lowest BCUT2D eigenvalue weighted by Crippen LogP contribution is -2.30. The van der Waals surface area contributed by atoms with Gasteiger partial charge in [0.15, 0.2) is 0 Å². The molecule has 0 spiro atoms. The molecule has 102 valence electrons. The summed E-state index contributed by atoms with van der Waals surface area (Å²) < 4.78 is 0. The monoisotopic (exact) mass is 248 g/mol. The summed E-state index contributed by atoms with van der Waals surface area (Å²) in [6.45, 7) is 13.4. The van der Waals surface area contributed by atoms with E-state index in [0.29, 0.717) is 0 Å². The molecule has 0 radical (unpaired) electrons. The first-order valence-electron chi connectivity index (χ1n) is 7.20. The van der Waals surface area contributed by atoms with Crippen LogP contribution in [-0.2, 0) is 0 Å². The van der Waals surface area contributed by atoms with Crippen molar-refractivity contribution in [2.24, 2.45) is 0 Å². The van der Waals surface area contributed by atoms with Gasteiger partial charge in [0.1, 0.15) is 0 Å². The molecule has 0 unspecified atom stereocenters. The molecular formula is C16H28N2. The van der Waals surface area contributed by atoms with Crippen LogP contribution in [0.25, 0.3) is 0 Å². The van der Waals surface area contributed by atoms with Gasteiger partial charge in [0.25, 0.3) is 0 Å². The summed E-state index contributed by atoms with van der Waals surface area (Å²) in [5.41, 5.74) is 3.96. The second kappa shape index (κ2) is 8.15. The Morgan fingerprint density at radius 3 is 2.17 bits per heavy atom. The van der Waals surface area contributed by atoms with Gasteiger partial charge in [-0.15, -0.1) is 0 Å². The van der Waals surface area contributed by atoms with E-state index in [1.54, 1.807) is 0 Å². The highest BCUT2D eigenvalue weighted by Crippen LogP contribution is 2.13. The summed E-state index contributed by atoms with van der Waals surface area (Å²) in [4.78, 5) is 2.54. The highest BCUT2D eigenvalue weighted by atomic mass is 15.1. The molecule has 0 aliphatic carbocycles. The van der Waals surface area contributed by atoms with Gasteiger partial charge in [0, 0.05) is 18.8 Å². The molecule has 0 saturated heterocycles. The summed E-state index contributed by atoms with van der Waals surface area (Å²) in [7, 11) is 0. The minimum absolute atomic E-state index is 1.03. The lowest BCUT2D eigenvalue weighted by atomic mass is 10.1. The van der Waals surface area contributed by atoms with E-state index in [1.807, 2.05) is 0 Å². The van der Waals surface area contributed by atoms with Gasteiger partial charge >= 0.3 is 0 Å². The number of nitrogens with zero attached hydrogens (tertiary/aromatic N) is 1. The highest BCUT2D eigenvalue weighted by molar-refractivity contribution is 5.48. The lowest BCUT2D eigenvalue weighted by Gasteiger charge is -2.21. The van der Waals surface area contributed by atoms with Crippen molar-refractivity contribution in [1.82, 2.24) is 4.90 Å². The van der Waals surface area contributed by atoms with Crippen LogP contribution in [0.3, 0.4) is 0 Å². The van der Waals surface area contributed by atoms with E-state index in [1.165, 1.54) is 42.7 Å². The largest absolute Gasteiger partial charge is 0.384 e. The second-order valence-corrected chi connectivity index (χ2v) is 5.07. The van der Waals surface area contributed by atoms with Crippen LogP contribution >= 0.6 is 0 Å². The molecule has 1 aromatic rings. The Balaban J connectivity index is 2.37. The second-order valence-electron chi connectivity index (χ2n) is 5.07. The molecule has 18 heavy (non-hydrogen) atoms. The SMILES string of the molecule is CCCN(CCC)CCNc1ccc(C)c(C)c1. The van der Waals surface area contributed by atoms with Crippen LogP contribution in [0.4, 0.5) is 5.69 Å². The summed E-state index contributed by atoms with van der Waals surface area (Å²) >= 11 is 0. The average molecular weight is 248 g/mol. The van der Waals surface area contributed by atoms with E-state index in [4.69, 9.17) is 0 Å². The molecule has 0 bridgehead atoms. The molecule has 0 aliphatic rings. The Bertz CT molecular complexity index is 341. The maximum Gasteiger partial charge on any atom is 0.0343 e. The van der Waals surface area contributed by atoms with Gasteiger partial charge in [-0.25, -0.2) is 0 Å². The van der Waals surface area contributed by atoms with Gasteiger partial charge in [0.05, 0.1) is 0 Å². The van der Waals surface area contributed by atoms with E-state index in [-0.39, 0.29) is 0 Å². The van der Waals surface area contributed by atoms with E-state index >= 15 is 0 Å². The van der Waals surface area contributed by atoms with Crippen molar-refractivity contribution in [1.29, 1.82) is 0 Å². The predicted molar refractivity (Wildman–Crippen MR) is 81.4 cm³/mol. The first kappa shape index (κ1) is 15.0. The summed E-state index contributed by atoms with van der Waals surface area (Å²) in [5, 5.41) is 3.52. The van der Waals surface area contributed by atoms with Gasteiger partial charge in [-0.05, 0) is 63.0 Å². The van der Waals surface area contributed by atoms with Crippen LogP contribution in [0.5, 0.6) is 0 Å². The third-order valence-corrected chi connectivity index (χ3v) is 3.34. The van der Waals surface area contributed by atoms with Crippen molar-refractivity contribution in [3.8, 4) is 0 Å². The maximum atomic E-state index is 3.52. The molecular weight excluding hydrogens is 220 g/mol. The van der Waals surface area contributed by atoms with E-state index in [2.05, 4.69) is 56.1 Å². The van der Waals surface area contributed by atoms with Crippen LogP contribution < -0.4 is 5.32 Å². The van der Waals surface area contributed by atoms with Crippen molar-refractivity contribution in [2.45, 2.75) is 40.5 Å². The molecule has 1 aromatic carbocycles. The third kappa shape index (κ3) is 5.09. The van der Waals surface area contributed by atoms with Crippen LogP contribution in [0, 0.1) is 13.8 Å². The van der Waals surface area contributed by atoms with Gasteiger partial charge in [-0.3, -0.25) is 0 Å². The first-order valence-corrected chi connectivity index (χ1v) is 7.20. The molecule has 0 saturated carbocycles. The van der Waals surface area contributed by atoms with Gasteiger partial charge < -0.3 is 10.2 Å². The number of benzene rings is 1. The molecule has 2 heteroatoms. The van der Waals surface area contributed by atoms with Gasteiger partial charge in [-0.2, -0.15) is 0 Å². The summed E-state index contributed by atoms with van der Waals surface area (Å²) in [6, 6.07) is 6.60. The average Bonchev–Trinajstić information content (AvgIpc) is 2.34. The Hall–Kier alpha value is -1.02. The molecule has 0 aliphatic heterocycles. The molecule has 1 rings (SSSR count). The van der Waals surface area contributed by atoms with Crippen molar-refractivity contribution < 1.29 is 0 Å². The lowest BCUT2D eigenvalue weighted by molar-refractivity contribution is 0.285. The molecule has 0 heterocycles. The van der Waals surface area contributed by atoms with E-state index < -0.39 is 0 Å². The first-order chi connectivity index (χ1) is 8.67. The quantitative estimate of drug-likeness (QED) is 0.752. The predicted octanol–water partition coefficient (Wildman–Crippen LogP) is 3.84. The van der Waals surface area contributed by atoms with E-state index in [9.17, 15) is 0 Å². The molecule has 2 nitrogen and oxygen atoms in total. The fourth-order valence-corrected chi connectivity index (χ4v) is 2.18. The van der Waals surface area contributed by atoms with Crippen molar-refractivity contribution in [3.63, 3.8) is 0 Å². The standard InChI is InChI=1S/C16H28N2/c1-5-10-18(11-6-2)12-9-17-16-8-7-14(3)15(4)13-16/h7-8,13,17H,5-6,9-12H2,1-4H3. The minimum Gasteiger partial charge on any atom is -0.384 e. The maximum absolute atomic E-state index is 3.52. The summed E-state index contributed by atoms with van der Waals surface area (Å²) in [6.07, 6.45) is 2.48. The van der Waals surface area contributed by atoms with Crippen LogP contribution in [-0.4, -0.2) is 31.1 Å². The van der Waals surface area contributed by atoms with Crippen molar-refractivity contribution in [3.05, 3.63) is 29.3 Å². The van der Waals surface area contributed by atoms with Crippen LogP contribution in [0.1, 0.15) is 37.8 Å². The van der Waals surface area contributed by atoms with Crippen LogP contribution in [0.15, 0.2) is 18.2 Å². The topological polar surface area (TPSA) is 15.3 Å². The Kier molecular flexibility index (Phi) is 6.81. The normalized spacial score (nSPS) is 10.9. The molecule has 1 N–H and O–H groups in total. The summed E-state index contributed by atoms with van der Waals surface area (Å²) in [5.74, 6) is 0. The molecule has 0 amide bonds. The Morgan fingerprint density at radius 2 is 1.61 bits per heavy atom. The van der Waals surface area contributed by atoms with Crippen LogP contribution in [0.2, 0.25) is 0 Å². The van der Waals surface area contributed by atoms with Crippen molar-refractivity contribution in [2.75, 3.05) is 31.5 Å². The zero-order valence-corrected chi connectivity index (χ0v) is 12.4. The number of anilines is 1. The third-order valence-electron chi connectivity index (χ3n) is 3.34. The zero-order valence-electron chi connectivity index (χ0n) is 12.4. The van der Waals surface area contributed by atoms with Gasteiger partial charge in [-0.1, -0.05) is 19.9 Å². The van der Waals surface area contributed by atoms with Gasteiger partial charge in [0.2, 0.25) is 0 Å².